The maximum atomic E-state index is 5.66. The smallest absolute Gasteiger partial charge is 0.0497 e. The summed E-state index contributed by atoms with van der Waals surface area (Å²) >= 11 is 2.37. The van der Waals surface area contributed by atoms with Crippen LogP contribution in [-0.4, -0.2) is 11.5 Å². The first-order valence-electron chi connectivity index (χ1n) is 7.76. The molecule has 2 aromatic carbocycles. The van der Waals surface area contributed by atoms with E-state index in [0.29, 0.717) is 0 Å². The zero-order valence-corrected chi connectivity index (χ0v) is 15.0. The molecule has 3 heteroatoms. The summed E-state index contributed by atoms with van der Waals surface area (Å²) in [6.45, 7) is 2.92. The number of nitrogens with two attached hydrogens (primary N) is 1. The fourth-order valence-corrected chi connectivity index (χ4v) is 3.50. The molecule has 0 radical (unpaired) electrons. The van der Waals surface area contributed by atoms with E-state index in [4.69, 9.17) is 5.73 Å². The first-order chi connectivity index (χ1) is 10.7. The minimum absolute atomic E-state index is 0.764. The molecule has 1 heterocycles. The highest BCUT2D eigenvalue weighted by molar-refractivity contribution is 14.1. The number of aromatic nitrogens is 1. The third-order valence-corrected chi connectivity index (χ3v) is 4.73. The molecule has 0 aliphatic heterocycles. The normalized spacial score (nSPS) is 11.2. The molecule has 0 unspecified atom stereocenters. The van der Waals surface area contributed by atoms with Crippen molar-refractivity contribution in [3.8, 4) is 11.3 Å². The Morgan fingerprint density at radius 1 is 1.09 bits per heavy atom. The number of aromatic amines is 1. The average molecular weight is 404 g/mol. The maximum Gasteiger partial charge on any atom is 0.0497 e. The van der Waals surface area contributed by atoms with Gasteiger partial charge in [0.25, 0.3) is 0 Å². The van der Waals surface area contributed by atoms with Crippen molar-refractivity contribution in [1.82, 2.24) is 4.98 Å². The molecule has 0 bridgehead atoms. The van der Waals surface area contributed by atoms with Crippen LogP contribution in [0, 0.1) is 10.5 Å². The van der Waals surface area contributed by atoms with Crippen molar-refractivity contribution >= 4 is 33.5 Å². The van der Waals surface area contributed by atoms with E-state index in [1.165, 1.54) is 36.9 Å². The minimum atomic E-state index is 0.764. The van der Waals surface area contributed by atoms with Crippen LogP contribution < -0.4 is 5.73 Å². The summed E-state index contributed by atoms with van der Waals surface area (Å²) in [7, 11) is 0. The number of halogens is 1. The van der Waals surface area contributed by atoms with Gasteiger partial charge in [-0.1, -0.05) is 23.8 Å². The van der Waals surface area contributed by atoms with Crippen molar-refractivity contribution in [3.63, 3.8) is 0 Å². The van der Waals surface area contributed by atoms with Crippen molar-refractivity contribution in [1.29, 1.82) is 0 Å². The second-order valence-electron chi connectivity index (χ2n) is 5.78. The Morgan fingerprint density at radius 3 is 2.73 bits per heavy atom. The summed E-state index contributed by atoms with van der Waals surface area (Å²) in [5.74, 6) is 0. The number of H-pyrrole nitrogens is 1. The number of rotatable bonds is 5. The second kappa shape index (κ2) is 6.84. The number of unbranched alkanes of at least 4 members (excludes halogenated alkanes) is 1. The van der Waals surface area contributed by atoms with E-state index in [0.717, 1.165) is 25.8 Å². The van der Waals surface area contributed by atoms with Crippen LogP contribution in [-0.2, 0) is 6.42 Å². The predicted octanol–water partition coefficient (Wildman–Crippen LogP) is 5.03. The van der Waals surface area contributed by atoms with E-state index >= 15 is 0 Å². The summed E-state index contributed by atoms with van der Waals surface area (Å²) in [4.78, 5) is 3.63. The molecule has 3 aromatic rings. The molecule has 0 saturated heterocycles. The third kappa shape index (κ3) is 3.20. The molecule has 2 nitrogen and oxygen atoms in total. The zero-order chi connectivity index (χ0) is 15.5. The summed E-state index contributed by atoms with van der Waals surface area (Å²) < 4.78 is 1.26. The lowest BCUT2D eigenvalue weighted by Crippen LogP contribution is -1.99. The number of aryl methyl sites for hydroxylation is 2. The number of fused-ring (bicyclic) bond motifs is 1. The SMILES string of the molecule is Cc1ccc2[nH]c(-c3cccc(I)c3)c(CCCCN)c2c1. The summed E-state index contributed by atoms with van der Waals surface area (Å²) in [5, 5.41) is 1.35. The molecule has 0 aliphatic carbocycles. The van der Waals surface area contributed by atoms with Gasteiger partial charge in [0.05, 0.1) is 0 Å². The maximum absolute atomic E-state index is 5.66. The van der Waals surface area contributed by atoms with Crippen LogP contribution in [0.15, 0.2) is 42.5 Å². The quantitative estimate of drug-likeness (QED) is 0.455. The number of hydrogen-bond donors (Lipinski definition) is 2. The van der Waals surface area contributed by atoms with Gasteiger partial charge in [-0.15, -0.1) is 0 Å². The molecule has 0 atom stereocenters. The Balaban J connectivity index is 2.13. The number of hydrogen-bond acceptors (Lipinski definition) is 1. The lowest BCUT2D eigenvalue weighted by molar-refractivity contribution is 0.748. The van der Waals surface area contributed by atoms with Crippen molar-refractivity contribution in [3.05, 3.63) is 57.2 Å². The first kappa shape index (κ1) is 15.6. The molecule has 0 spiro atoms. The van der Waals surface area contributed by atoms with Crippen molar-refractivity contribution in [2.45, 2.75) is 26.2 Å². The molecule has 0 amide bonds. The fraction of sp³-hybridized carbons (Fsp3) is 0.263. The van der Waals surface area contributed by atoms with Gasteiger partial charge in [-0.3, -0.25) is 0 Å². The highest BCUT2D eigenvalue weighted by Crippen LogP contribution is 2.32. The highest BCUT2D eigenvalue weighted by Gasteiger charge is 2.13. The van der Waals surface area contributed by atoms with Crippen molar-refractivity contribution < 1.29 is 0 Å². The van der Waals surface area contributed by atoms with Gasteiger partial charge in [0.15, 0.2) is 0 Å². The Kier molecular flexibility index (Phi) is 4.84. The third-order valence-electron chi connectivity index (χ3n) is 4.06. The molecular formula is C19H21IN2. The second-order valence-corrected chi connectivity index (χ2v) is 7.03. The minimum Gasteiger partial charge on any atom is -0.354 e. The topological polar surface area (TPSA) is 41.8 Å². The standard InChI is InChI=1S/C19H21IN2/c1-13-8-9-18-17(11-13)16(7-2-3-10-21)19(22-18)14-5-4-6-15(20)12-14/h4-6,8-9,11-12,22H,2-3,7,10,21H2,1H3. The molecule has 114 valence electrons. The summed E-state index contributed by atoms with van der Waals surface area (Å²) in [6.07, 6.45) is 3.28. The van der Waals surface area contributed by atoms with Gasteiger partial charge in [0.1, 0.15) is 0 Å². The Morgan fingerprint density at radius 2 is 1.95 bits per heavy atom. The molecule has 3 rings (SSSR count). The number of benzene rings is 2. The number of nitrogens with one attached hydrogen (secondary N) is 1. The molecular weight excluding hydrogens is 383 g/mol. The van der Waals surface area contributed by atoms with Crippen molar-refractivity contribution in [2.75, 3.05) is 6.54 Å². The van der Waals surface area contributed by atoms with E-state index in [2.05, 4.69) is 77.0 Å². The largest absolute Gasteiger partial charge is 0.354 e. The molecule has 0 saturated carbocycles. The average Bonchev–Trinajstić information content (AvgIpc) is 2.86. The highest BCUT2D eigenvalue weighted by atomic mass is 127. The van der Waals surface area contributed by atoms with Crippen molar-refractivity contribution in [2.24, 2.45) is 5.73 Å². The van der Waals surface area contributed by atoms with E-state index in [1.807, 2.05) is 0 Å². The van der Waals surface area contributed by atoms with E-state index in [-0.39, 0.29) is 0 Å². The van der Waals surface area contributed by atoms with Gasteiger partial charge in [-0.25, -0.2) is 0 Å². The van der Waals surface area contributed by atoms with Crippen LogP contribution in [0.5, 0.6) is 0 Å². The predicted molar refractivity (Wildman–Crippen MR) is 103 cm³/mol. The lowest BCUT2D eigenvalue weighted by atomic mass is 9.99. The van der Waals surface area contributed by atoms with Crippen LogP contribution in [0.3, 0.4) is 0 Å². The lowest BCUT2D eigenvalue weighted by Gasteiger charge is -2.06. The van der Waals surface area contributed by atoms with E-state index < -0.39 is 0 Å². The van der Waals surface area contributed by atoms with Gasteiger partial charge >= 0.3 is 0 Å². The molecule has 3 N–H and O–H groups in total. The van der Waals surface area contributed by atoms with Crippen LogP contribution in [0.2, 0.25) is 0 Å². The van der Waals surface area contributed by atoms with Crippen LogP contribution in [0.25, 0.3) is 22.2 Å². The Bertz CT molecular complexity index is 789. The molecule has 0 aliphatic rings. The summed E-state index contributed by atoms with van der Waals surface area (Å²) in [5.41, 5.74) is 12.1. The zero-order valence-electron chi connectivity index (χ0n) is 12.8. The first-order valence-corrected chi connectivity index (χ1v) is 8.84. The van der Waals surface area contributed by atoms with Crippen LogP contribution >= 0.6 is 22.6 Å². The van der Waals surface area contributed by atoms with Crippen LogP contribution in [0.1, 0.15) is 24.0 Å². The van der Waals surface area contributed by atoms with E-state index in [1.54, 1.807) is 0 Å². The van der Waals surface area contributed by atoms with Gasteiger partial charge < -0.3 is 10.7 Å². The van der Waals surface area contributed by atoms with Gasteiger partial charge in [-0.05, 0) is 90.7 Å². The van der Waals surface area contributed by atoms with E-state index in [9.17, 15) is 0 Å². The Labute approximate surface area is 145 Å². The Hall–Kier alpha value is -1.33. The fourth-order valence-electron chi connectivity index (χ4n) is 2.96. The molecule has 22 heavy (non-hydrogen) atoms. The summed E-state index contributed by atoms with van der Waals surface area (Å²) in [6, 6.07) is 15.3. The van der Waals surface area contributed by atoms with Crippen LogP contribution in [0.4, 0.5) is 0 Å². The monoisotopic (exact) mass is 404 g/mol. The molecule has 0 fully saturated rings. The van der Waals surface area contributed by atoms with Gasteiger partial charge in [-0.2, -0.15) is 0 Å². The van der Waals surface area contributed by atoms with Gasteiger partial charge in [0, 0.05) is 20.2 Å². The van der Waals surface area contributed by atoms with Gasteiger partial charge in [0.2, 0.25) is 0 Å². The molecule has 1 aromatic heterocycles.